The van der Waals surface area contributed by atoms with Gasteiger partial charge < -0.3 is 25.4 Å². The van der Waals surface area contributed by atoms with Crippen LogP contribution in [0.15, 0.2) is 0 Å². The van der Waals surface area contributed by atoms with E-state index in [1.165, 1.54) is 5.32 Å². The number of ether oxygens (including phenoxy) is 1. The van der Waals surface area contributed by atoms with Crippen LogP contribution in [-0.2, 0) is 9.53 Å². The molecule has 0 bridgehead atoms. The summed E-state index contributed by atoms with van der Waals surface area (Å²) in [7, 11) is 0. The van der Waals surface area contributed by atoms with Crippen LogP contribution in [0, 0.1) is 0 Å². The van der Waals surface area contributed by atoms with Crippen LogP contribution in [0.2, 0.25) is 0 Å². The fourth-order valence-corrected chi connectivity index (χ4v) is 1.42. The van der Waals surface area contributed by atoms with Gasteiger partial charge in [0.05, 0.1) is 19.3 Å². The third kappa shape index (κ3) is 3.28. The second-order valence-corrected chi connectivity index (χ2v) is 3.61. The monoisotopic (exact) mass is 259 g/mol. The van der Waals surface area contributed by atoms with Crippen molar-refractivity contribution in [3.05, 3.63) is 0 Å². The molecule has 0 aromatic carbocycles. The van der Waals surface area contributed by atoms with Gasteiger partial charge in [0.15, 0.2) is 0 Å². The number of nitrogens with one attached hydrogen (secondary N) is 1. The highest BCUT2D eigenvalue weighted by Crippen LogP contribution is 2.18. The van der Waals surface area contributed by atoms with E-state index in [0.717, 1.165) is 0 Å². The average Bonchev–Trinajstić information content (AvgIpc) is 2.23. The summed E-state index contributed by atoms with van der Waals surface area (Å²) in [4.78, 5) is 10.6. The van der Waals surface area contributed by atoms with Crippen LogP contribution >= 0.6 is 0 Å². The summed E-state index contributed by atoms with van der Waals surface area (Å²) < 4.78 is 40.6. The molecule has 4 atom stereocenters. The van der Waals surface area contributed by atoms with E-state index in [9.17, 15) is 28.2 Å². The number of hydrogen-bond donors (Lipinski definition) is 4. The van der Waals surface area contributed by atoms with E-state index in [1.54, 1.807) is 0 Å². The molecule has 4 N–H and O–H groups in total. The third-order valence-corrected chi connectivity index (χ3v) is 2.39. The van der Waals surface area contributed by atoms with Crippen molar-refractivity contribution in [2.45, 2.75) is 30.5 Å². The maximum absolute atomic E-state index is 11.9. The highest BCUT2D eigenvalue weighted by atomic mass is 19.4. The van der Waals surface area contributed by atoms with Gasteiger partial charge in [-0.15, -0.1) is 0 Å². The Morgan fingerprint density at radius 3 is 2.41 bits per heavy atom. The summed E-state index contributed by atoms with van der Waals surface area (Å²) in [6, 6.07) is -1.37. The van der Waals surface area contributed by atoms with E-state index in [1.807, 2.05) is 0 Å². The summed E-state index contributed by atoms with van der Waals surface area (Å²) in [5.41, 5.74) is 0. The van der Waals surface area contributed by atoms with Gasteiger partial charge in [0.25, 0.3) is 0 Å². The summed E-state index contributed by atoms with van der Waals surface area (Å²) in [6.07, 6.45) is -9.35. The number of aliphatic hydroxyl groups is 3. The van der Waals surface area contributed by atoms with Crippen molar-refractivity contribution in [3.8, 4) is 0 Å². The molecule has 0 unspecified atom stereocenters. The first-order valence-electron chi connectivity index (χ1n) is 4.73. The predicted molar refractivity (Wildman–Crippen MR) is 46.8 cm³/mol. The predicted octanol–water partition coefficient (Wildman–Crippen LogP) is -1.85. The van der Waals surface area contributed by atoms with E-state index in [0.29, 0.717) is 0 Å². The molecule has 1 saturated heterocycles. The van der Waals surface area contributed by atoms with Crippen LogP contribution in [0.25, 0.3) is 0 Å². The lowest BCUT2D eigenvalue weighted by molar-refractivity contribution is -0.185. The number of amides is 1. The second-order valence-electron chi connectivity index (χ2n) is 3.61. The number of rotatable bonds is 2. The minimum Gasteiger partial charge on any atom is -0.394 e. The minimum absolute atomic E-state index is 0.425. The fourth-order valence-electron chi connectivity index (χ4n) is 1.42. The minimum atomic E-state index is -5.07. The number of carbonyl (C=O) groups is 1. The second kappa shape index (κ2) is 5.17. The van der Waals surface area contributed by atoms with Gasteiger partial charge in [0.1, 0.15) is 18.3 Å². The first-order chi connectivity index (χ1) is 7.77. The van der Waals surface area contributed by atoms with Gasteiger partial charge >= 0.3 is 12.1 Å². The van der Waals surface area contributed by atoms with Crippen molar-refractivity contribution >= 4 is 5.91 Å². The Hall–Kier alpha value is -0.900. The zero-order valence-electron chi connectivity index (χ0n) is 8.52. The summed E-state index contributed by atoms with van der Waals surface area (Å²) in [5, 5.41) is 29.0. The SMILES string of the molecule is O=C(N[C@@H]1CO[C@H](CO)[C@H](O)[C@@H]1O)C(F)(F)F. The van der Waals surface area contributed by atoms with Crippen LogP contribution in [-0.4, -0.2) is 65.0 Å². The molecule has 9 heteroatoms. The van der Waals surface area contributed by atoms with Crippen molar-refractivity contribution in [2.24, 2.45) is 0 Å². The van der Waals surface area contributed by atoms with Gasteiger partial charge in [-0.05, 0) is 0 Å². The van der Waals surface area contributed by atoms with Crippen molar-refractivity contribution in [1.82, 2.24) is 5.32 Å². The zero-order chi connectivity index (χ0) is 13.2. The lowest BCUT2D eigenvalue weighted by Gasteiger charge is -2.37. The van der Waals surface area contributed by atoms with Gasteiger partial charge in [0.2, 0.25) is 0 Å². The lowest BCUT2D eigenvalue weighted by Crippen LogP contribution is -2.61. The molecule has 17 heavy (non-hydrogen) atoms. The van der Waals surface area contributed by atoms with Crippen LogP contribution in [0.3, 0.4) is 0 Å². The van der Waals surface area contributed by atoms with Crippen molar-refractivity contribution < 1.29 is 38.0 Å². The Morgan fingerprint density at radius 2 is 1.94 bits per heavy atom. The fraction of sp³-hybridized carbons (Fsp3) is 0.875. The highest BCUT2D eigenvalue weighted by molar-refractivity contribution is 5.82. The molecule has 0 radical (unpaired) electrons. The molecule has 100 valence electrons. The first kappa shape index (κ1) is 14.2. The molecule has 0 aromatic heterocycles. The van der Waals surface area contributed by atoms with E-state index >= 15 is 0 Å². The molecule has 0 saturated carbocycles. The molecule has 1 heterocycles. The zero-order valence-corrected chi connectivity index (χ0v) is 8.52. The lowest BCUT2D eigenvalue weighted by atomic mass is 9.98. The first-order valence-corrected chi connectivity index (χ1v) is 4.73. The molecule has 1 rings (SSSR count). The van der Waals surface area contributed by atoms with E-state index in [-0.39, 0.29) is 0 Å². The van der Waals surface area contributed by atoms with Gasteiger partial charge in [-0.1, -0.05) is 0 Å². The van der Waals surface area contributed by atoms with Crippen molar-refractivity contribution in [2.75, 3.05) is 13.2 Å². The standard InChI is InChI=1S/C8H12F3NO5/c9-8(10,11)7(16)12-3-2-17-4(1-13)6(15)5(3)14/h3-6,13-15H,1-2H2,(H,12,16)/t3-,4-,5-,6+/m1/s1. The molecule has 6 nitrogen and oxygen atoms in total. The molecule has 1 fully saturated rings. The third-order valence-electron chi connectivity index (χ3n) is 2.39. The molecule has 1 amide bonds. The number of halogens is 3. The van der Waals surface area contributed by atoms with Crippen LogP contribution in [0.4, 0.5) is 13.2 Å². The number of carbonyl (C=O) groups excluding carboxylic acids is 1. The largest absolute Gasteiger partial charge is 0.471 e. The van der Waals surface area contributed by atoms with Gasteiger partial charge in [0, 0.05) is 0 Å². The van der Waals surface area contributed by atoms with Gasteiger partial charge in [-0.2, -0.15) is 13.2 Å². The smallest absolute Gasteiger partial charge is 0.394 e. The van der Waals surface area contributed by atoms with Gasteiger partial charge in [-0.3, -0.25) is 4.79 Å². The molecule has 0 spiro atoms. The maximum Gasteiger partial charge on any atom is 0.471 e. The Balaban J connectivity index is 2.60. The van der Waals surface area contributed by atoms with Crippen LogP contribution in [0.5, 0.6) is 0 Å². The molecular formula is C8H12F3NO5. The summed E-state index contributed by atoms with van der Waals surface area (Å²) in [6.45, 7) is -1.01. The number of hydrogen-bond acceptors (Lipinski definition) is 5. The molecular weight excluding hydrogens is 247 g/mol. The van der Waals surface area contributed by atoms with E-state index < -0.39 is 49.7 Å². The Labute approximate surface area is 94.0 Å². The van der Waals surface area contributed by atoms with Crippen LogP contribution in [0.1, 0.15) is 0 Å². The van der Waals surface area contributed by atoms with E-state index in [4.69, 9.17) is 9.84 Å². The summed E-state index contributed by atoms with van der Waals surface area (Å²) in [5.74, 6) is -2.22. The molecule has 0 aromatic rings. The van der Waals surface area contributed by atoms with E-state index in [2.05, 4.69) is 0 Å². The molecule has 1 aliphatic rings. The normalized spacial score (nSPS) is 34.5. The van der Waals surface area contributed by atoms with Crippen molar-refractivity contribution in [1.29, 1.82) is 0 Å². The Bertz CT molecular complexity index is 285. The number of alkyl halides is 3. The summed E-state index contributed by atoms with van der Waals surface area (Å²) >= 11 is 0. The quantitative estimate of drug-likeness (QED) is 0.466. The molecule has 0 aliphatic carbocycles. The number of aliphatic hydroxyl groups excluding tert-OH is 3. The van der Waals surface area contributed by atoms with Crippen LogP contribution < -0.4 is 5.32 Å². The van der Waals surface area contributed by atoms with Gasteiger partial charge in [-0.25, -0.2) is 0 Å². The Kier molecular flexibility index (Phi) is 4.31. The molecule has 1 aliphatic heterocycles. The topological polar surface area (TPSA) is 99.0 Å². The maximum atomic E-state index is 11.9. The highest BCUT2D eigenvalue weighted by Gasteiger charge is 2.44. The Morgan fingerprint density at radius 1 is 1.35 bits per heavy atom. The average molecular weight is 259 g/mol. The van der Waals surface area contributed by atoms with Crippen molar-refractivity contribution in [3.63, 3.8) is 0 Å².